The van der Waals surface area contributed by atoms with Crippen LogP contribution in [0, 0.1) is 12.8 Å². The van der Waals surface area contributed by atoms with Crippen molar-refractivity contribution in [3.63, 3.8) is 0 Å². The number of hydrogen-bond donors (Lipinski definition) is 0. The molecule has 1 aliphatic heterocycles. The number of carbonyl (C=O) groups is 1. The van der Waals surface area contributed by atoms with Crippen LogP contribution < -0.4 is 4.74 Å². The molecule has 0 aliphatic carbocycles. The normalized spacial score (nSPS) is 21.1. The monoisotopic (exact) mass is 411 g/mol. The lowest BCUT2D eigenvalue weighted by molar-refractivity contribution is -0.145. The number of piperidine rings is 1. The van der Waals surface area contributed by atoms with Gasteiger partial charge in [0.2, 0.25) is 0 Å². The third kappa shape index (κ3) is 6.30. The predicted molar refractivity (Wildman–Crippen MR) is 104 cm³/mol. The maximum Gasteiger partial charge on any atom is 0.320 e. The Hall–Kier alpha value is -1.07. The standard InChI is InChI=1S/C20H30BrNO3/c1-4-24-20(23)14-22-11-10-17(13-15(22)2)7-6-12-25-19-9-5-8-18(21)16(19)3/h5,8-9,15,17H,4,6-7,10-14H2,1-3H3/t15-,17-/m0/s1. The fraction of sp³-hybridized carbons (Fsp3) is 0.650. The number of rotatable bonds is 8. The summed E-state index contributed by atoms with van der Waals surface area (Å²) in [7, 11) is 0. The van der Waals surface area contributed by atoms with E-state index in [2.05, 4.69) is 34.7 Å². The smallest absolute Gasteiger partial charge is 0.320 e. The van der Waals surface area contributed by atoms with Crippen LogP contribution in [0.15, 0.2) is 22.7 Å². The minimum absolute atomic E-state index is 0.106. The van der Waals surface area contributed by atoms with Crippen molar-refractivity contribution in [2.45, 2.75) is 52.5 Å². The Kier molecular flexibility index (Phi) is 8.24. The van der Waals surface area contributed by atoms with E-state index >= 15 is 0 Å². The highest BCUT2D eigenvalue weighted by molar-refractivity contribution is 9.10. The van der Waals surface area contributed by atoms with Gasteiger partial charge in [0.1, 0.15) is 5.75 Å². The van der Waals surface area contributed by atoms with E-state index in [-0.39, 0.29) is 5.97 Å². The largest absolute Gasteiger partial charge is 0.493 e. The van der Waals surface area contributed by atoms with Crippen LogP contribution >= 0.6 is 15.9 Å². The zero-order chi connectivity index (χ0) is 18.2. The summed E-state index contributed by atoms with van der Waals surface area (Å²) in [5.74, 6) is 1.58. The van der Waals surface area contributed by atoms with Gasteiger partial charge in [0.25, 0.3) is 0 Å². The van der Waals surface area contributed by atoms with Crippen molar-refractivity contribution in [3.05, 3.63) is 28.2 Å². The highest BCUT2D eigenvalue weighted by Crippen LogP contribution is 2.28. The third-order valence-corrected chi connectivity index (χ3v) is 5.85. The van der Waals surface area contributed by atoms with Crippen molar-refractivity contribution < 1.29 is 14.3 Å². The Bertz CT molecular complexity index is 564. The highest BCUT2D eigenvalue weighted by atomic mass is 79.9. The Morgan fingerprint density at radius 1 is 1.40 bits per heavy atom. The van der Waals surface area contributed by atoms with Gasteiger partial charge in [-0.25, -0.2) is 0 Å². The maximum absolute atomic E-state index is 11.7. The van der Waals surface area contributed by atoms with Gasteiger partial charge < -0.3 is 9.47 Å². The van der Waals surface area contributed by atoms with E-state index in [1.54, 1.807) is 0 Å². The van der Waals surface area contributed by atoms with Gasteiger partial charge in [-0.15, -0.1) is 0 Å². The minimum Gasteiger partial charge on any atom is -0.493 e. The zero-order valence-corrected chi connectivity index (χ0v) is 17.2. The molecule has 1 fully saturated rings. The van der Waals surface area contributed by atoms with Crippen molar-refractivity contribution in [1.82, 2.24) is 4.90 Å². The molecule has 0 spiro atoms. The summed E-state index contributed by atoms with van der Waals surface area (Å²) >= 11 is 3.54. The molecule has 1 aromatic rings. The number of benzene rings is 1. The van der Waals surface area contributed by atoms with Gasteiger partial charge in [0.15, 0.2) is 0 Å². The van der Waals surface area contributed by atoms with Gasteiger partial charge in [-0.1, -0.05) is 22.0 Å². The quantitative estimate of drug-likeness (QED) is 0.463. The van der Waals surface area contributed by atoms with Gasteiger partial charge in [0.05, 0.1) is 19.8 Å². The summed E-state index contributed by atoms with van der Waals surface area (Å²) in [6, 6.07) is 6.51. The summed E-state index contributed by atoms with van der Waals surface area (Å²) in [6.45, 7) is 8.76. The second kappa shape index (κ2) is 10.2. The summed E-state index contributed by atoms with van der Waals surface area (Å²) in [6.07, 6.45) is 4.56. The molecule has 0 unspecified atom stereocenters. The molecular weight excluding hydrogens is 382 g/mol. The van der Waals surface area contributed by atoms with Gasteiger partial charge >= 0.3 is 5.97 Å². The molecule has 0 N–H and O–H groups in total. The highest BCUT2D eigenvalue weighted by Gasteiger charge is 2.26. The van der Waals surface area contributed by atoms with E-state index < -0.39 is 0 Å². The molecule has 2 atom stereocenters. The molecule has 0 saturated carbocycles. The van der Waals surface area contributed by atoms with E-state index in [1.807, 2.05) is 25.1 Å². The molecule has 0 radical (unpaired) electrons. The molecule has 0 bridgehead atoms. The topological polar surface area (TPSA) is 38.8 Å². The van der Waals surface area contributed by atoms with Crippen LogP contribution in [0.4, 0.5) is 0 Å². The van der Waals surface area contributed by atoms with E-state index in [1.165, 1.54) is 6.42 Å². The van der Waals surface area contributed by atoms with Gasteiger partial charge in [-0.05, 0) is 71.0 Å². The first kappa shape index (κ1) is 20.2. The summed E-state index contributed by atoms with van der Waals surface area (Å²) in [5, 5.41) is 0. The molecule has 0 aromatic heterocycles. The van der Waals surface area contributed by atoms with Crippen molar-refractivity contribution in [1.29, 1.82) is 0 Å². The minimum atomic E-state index is -0.106. The molecule has 2 rings (SSSR count). The van der Waals surface area contributed by atoms with E-state index in [0.29, 0.717) is 19.2 Å². The molecule has 1 aromatic carbocycles. The van der Waals surface area contributed by atoms with Crippen LogP contribution in [0.3, 0.4) is 0 Å². The Balaban J connectivity index is 1.67. The summed E-state index contributed by atoms with van der Waals surface area (Å²) in [5.41, 5.74) is 1.16. The average molecular weight is 412 g/mol. The van der Waals surface area contributed by atoms with Crippen molar-refractivity contribution >= 4 is 21.9 Å². The van der Waals surface area contributed by atoms with Crippen LogP contribution in [0.25, 0.3) is 0 Å². The fourth-order valence-electron chi connectivity index (χ4n) is 3.49. The first-order chi connectivity index (χ1) is 12.0. The number of nitrogens with zero attached hydrogens (tertiary/aromatic N) is 1. The van der Waals surface area contributed by atoms with Crippen molar-refractivity contribution in [2.24, 2.45) is 5.92 Å². The van der Waals surface area contributed by atoms with Crippen LogP contribution in [-0.4, -0.2) is 43.2 Å². The number of likely N-dealkylation sites (tertiary alicyclic amines) is 1. The molecule has 0 amide bonds. The number of esters is 1. The average Bonchev–Trinajstić information content (AvgIpc) is 2.58. The fourth-order valence-corrected chi connectivity index (χ4v) is 3.83. The number of carbonyl (C=O) groups excluding carboxylic acids is 1. The number of hydrogen-bond acceptors (Lipinski definition) is 4. The molecule has 1 heterocycles. The van der Waals surface area contributed by atoms with E-state index in [9.17, 15) is 4.79 Å². The lowest BCUT2D eigenvalue weighted by atomic mass is 9.88. The molecular formula is C20H30BrNO3. The molecule has 1 aliphatic rings. The number of halogens is 1. The first-order valence-electron chi connectivity index (χ1n) is 9.28. The van der Waals surface area contributed by atoms with Gasteiger partial charge in [-0.2, -0.15) is 0 Å². The molecule has 5 heteroatoms. The van der Waals surface area contributed by atoms with Gasteiger partial charge in [0, 0.05) is 16.1 Å². The molecule has 140 valence electrons. The third-order valence-electron chi connectivity index (χ3n) is 4.99. The lowest BCUT2D eigenvalue weighted by Gasteiger charge is -2.37. The molecule has 25 heavy (non-hydrogen) atoms. The van der Waals surface area contributed by atoms with E-state index in [0.717, 1.165) is 54.1 Å². The van der Waals surface area contributed by atoms with Crippen LogP contribution in [0.5, 0.6) is 5.75 Å². The van der Waals surface area contributed by atoms with Crippen LogP contribution in [0.2, 0.25) is 0 Å². The van der Waals surface area contributed by atoms with E-state index in [4.69, 9.17) is 9.47 Å². The second-order valence-electron chi connectivity index (χ2n) is 6.87. The first-order valence-corrected chi connectivity index (χ1v) is 10.1. The maximum atomic E-state index is 11.7. The van der Waals surface area contributed by atoms with Crippen molar-refractivity contribution in [3.8, 4) is 5.75 Å². The Morgan fingerprint density at radius 2 is 2.20 bits per heavy atom. The van der Waals surface area contributed by atoms with Gasteiger partial charge in [-0.3, -0.25) is 9.69 Å². The Labute approximate surface area is 160 Å². The summed E-state index contributed by atoms with van der Waals surface area (Å²) in [4.78, 5) is 13.9. The second-order valence-corrected chi connectivity index (χ2v) is 7.72. The predicted octanol–water partition coefficient (Wildman–Crippen LogP) is 4.58. The van der Waals surface area contributed by atoms with Crippen molar-refractivity contribution in [2.75, 3.05) is 26.3 Å². The van der Waals surface area contributed by atoms with Crippen LogP contribution in [-0.2, 0) is 9.53 Å². The summed E-state index contributed by atoms with van der Waals surface area (Å²) < 4.78 is 12.1. The number of ether oxygens (including phenoxy) is 2. The molecule has 1 saturated heterocycles. The Morgan fingerprint density at radius 3 is 2.92 bits per heavy atom. The molecule has 4 nitrogen and oxygen atoms in total. The zero-order valence-electron chi connectivity index (χ0n) is 15.6. The lowest BCUT2D eigenvalue weighted by Crippen LogP contribution is -2.43. The SMILES string of the molecule is CCOC(=O)CN1CC[C@H](CCCOc2cccc(Br)c2C)C[C@@H]1C. The van der Waals surface area contributed by atoms with Crippen LogP contribution in [0.1, 0.15) is 45.1 Å².